The van der Waals surface area contributed by atoms with E-state index in [1.807, 2.05) is 48.8 Å². The summed E-state index contributed by atoms with van der Waals surface area (Å²) in [7, 11) is -0.346. The van der Waals surface area contributed by atoms with Crippen LogP contribution in [-0.4, -0.2) is 34.5 Å². The second-order valence-electron chi connectivity index (χ2n) is 7.93. The van der Waals surface area contributed by atoms with E-state index in [1.54, 1.807) is 0 Å². The molecule has 3 aromatic rings. The summed E-state index contributed by atoms with van der Waals surface area (Å²) < 4.78 is 20.2. The number of imidazole rings is 1. The SMILES string of the molecule is CC1(C)OB(c2ccc(OCCn3cnc4ccccc43)cc2)OC1(C)C. The molecule has 27 heavy (non-hydrogen) atoms. The van der Waals surface area contributed by atoms with Crippen molar-refractivity contribution >= 4 is 23.6 Å². The maximum atomic E-state index is 6.09. The first-order chi connectivity index (χ1) is 12.9. The molecule has 1 aliphatic heterocycles. The van der Waals surface area contributed by atoms with Crippen molar-refractivity contribution in [1.29, 1.82) is 0 Å². The van der Waals surface area contributed by atoms with Crippen LogP contribution in [0.4, 0.5) is 0 Å². The Balaban J connectivity index is 1.36. The van der Waals surface area contributed by atoms with Gasteiger partial charge in [0.1, 0.15) is 12.4 Å². The molecule has 4 rings (SSSR count). The molecule has 0 atom stereocenters. The Morgan fingerprint density at radius 2 is 1.63 bits per heavy atom. The van der Waals surface area contributed by atoms with Crippen molar-refractivity contribution < 1.29 is 14.0 Å². The first kappa shape index (κ1) is 18.1. The molecular weight excluding hydrogens is 339 g/mol. The van der Waals surface area contributed by atoms with Gasteiger partial charge in [-0.05, 0) is 57.4 Å². The first-order valence-corrected chi connectivity index (χ1v) is 9.34. The van der Waals surface area contributed by atoms with E-state index in [9.17, 15) is 0 Å². The molecule has 0 spiro atoms. The zero-order chi connectivity index (χ0) is 19.1. The zero-order valence-electron chi connectivity index (χ0n) is 16.3. The molecular formula is C21H25BN2O3. The van der Waals surface area contributed by atoms with Gasteiger partial charge in [-0.25, -0.2) is 4.98 Å². The van der Waals surface area contributed by atoms with Crippen LogP contribution < -0.4 is 10.2 Å². The number of benzene rings is 2. The molecule has 0 aliphatic carbocycles. The summed E-state index contributed by atoms with van der Waals surface area (Å²) in [6.45, 7) is 9.57. The maximum Gasteiger partial charge on any atom is 0.494 e. The van der Waals surface area contributed by atoms with Gasteiger partial charge in [-0.1, -0.05) is 24.3 Å². The van der Waals surface area contributed by atoms with Crippen LogP contribution in [0.5, 0.6) is 5.75 Å². The van der Waals surface area contributed by atoms with Gasteiger partial charge in [-0.3, -0.25) is 0 Å². The van der Waals surface area contributed by atoms with Crippen LogP contribution in [0.3, 0.4) is 0 Å². The summed E-state index contributed by atoms with van der Waals surface area (Å²) in [6.07, 6.45) is 1.86. The average Bonchev–Trinajstić information content (AvgIpc) is 3.14. The largest absolute Gasteiger partial charge is 0.494 e. The number of hydrogen-bond donors (Lipinski definition) is 0. The highest BCUT2D eigenvalue weighted by Crippen LogP contribution is 2.36. The lowest BCUT2D eigenvalue weighted by molar-refractivity contribution is 0.00578. The number of fused-ring (bicyclic) bond motifs is 1. The van der Waals surface area contributed by atoms with Crippen molar-refractivity contribution in [3.8, 4) is 5.75 Å². The minimum atomic E-state index is -0.346. The third kappa shape index (κ3) is 3.47. The van der Waals surface area contributed by atoms with Crippen LogP contribution in [0, 0.1) is 0 Å². The van der Waals surface area contributed by atoms with Gasteiger partial charge in [-0.2, -0.15) is 0 Å². The monoisotopic (exact) mass is 364 g/mol. The highest BCUT2D eigenvalue weighted by Gasteiger charge is 2.51. The van der Waals surface area contributed by atoms with E-state index >= 15 is 0 Å². The Labute approximate surface area is 160 Å². The van der Waals surface area contributed by atoms with Gasteiger partial charge in [0.15, 0.2) is 0 Å². The summed E-state index contributed by atoms with van der Waals surface area (Å²) in [5.74, 6) is 0.833. The van der Waals surface area contributed by atoms with Gasteiger partial charge in [0.2, 0.25) is 0 Å². The Kier molecular flexibility index (Phi) is 4.48. The van der Waals surface area contributed by atoms with Crippen LogP contribution in [0.25, 0.3) is 11.0 Å². The zero-order valence-corrected chi connectivity index (χ0v) is 16.3. The van der Waals surface area contributed by atoms with Crippen molar-refractivity contribution in [2.24, 2.45) is 0 Å². The van der Waals surface area contributed by atoms with E-state index < -0.39 is 0 Å². The Morgan fingerprint density at radius 3 is 2.33 bits per heavy atom. The van der Waals surface area contributed by atoms with Gasteiger partial charge in [-0.15, -0.1) is 0 Å². The number of rotatable bonds is 5. The number of ether oxygens (including phenoxy) is 1. The average molecular weight is 364 g/mol. The molecule has 2 aromatic carbocycles. The molecule has 5 nitrogen and oxygen atoms in total. The van der Waals surface area contributed by atoms with E-state index in [4.69, 9.17) is 14.0 Å². The highest BCUT2D eigenvalue weighted by atomic mass is 16.7. The van der Waals surface area contributed by atoms with Crippen molar-refractivity contribution in [2.45, 2.75) is 45.4 Å². The summed E-state index contributed by atoms with van der Waals surface area (Å²) >= 11 is 0. The summed E-state index contributed by atoms with van der Waals surface area (Å²) in [5, 5.41) is 0. The lowest BCUT2D eigenvalue weighted by Gasteiger charge is -2.32. The Bertz CT molecular complexity index is 918. The number of aromatic nitrogens is 2. The molecule has 0 radical (unpaired) electrons. The third-order valence-corrected chi connectivity index (χ3v) is 5.53. The van der Waals surface area contributed by atoms with Crippen molar-refractivity contribution in [3.63, 3.8) is 0 Å². The fourth-order valence-corrected chi connectivity index (χ4v) is 3.15. The van der Waals surface area contributed by atoms with E-state index in [0.717, 1.165) is 28.8 Å². The van der Waals surface area contributed by atoms with Gasteiger partial charge < -0.3 is 18.6 Å². The van der Waals surface area contributed by atoms with E-state index in [-0.39, 0.29) is 18.3 Å². The standard InChI is InChI=1S/C21H25BN2O3/c1-20(2)21(3,4)27-22(26-20)16-9-11-17(12-10-16)25-14-13-24-15-23-18-7-5-6-8-19(18)24/h5-12,15H,13-14H2,1-4H3. The van der Waals surface area contributed by atoms with Gasteiger partial charge in [0.25, 0.3) is 0 Å². The molecule has 6 heteroatoms. The minimum absolute atomic E-state index is 0.333. The molecule has 1 aliphatic rings. The van der Waals surface area contributed by atoms with Gasteiger partial charge >= 0.3 is 7.12 Å². The topological polar surface area (TPSA) is 45.5 Å². The number of nitrogens with zero attached hydrogens (tertiary/aromatic N) is 2. The predicted molar refractivity (Wildman–Crippen MR) is 107 cm³/mol. The smallest absolute Gasteiger partial charge is 0.492 e. The highest BCUT2D eigenvalue weighted by molar-refractivity contribution is 6.62. The Morgan fingerprint density at radius 1 is 0.963 bits per heavy atom. The number of para-hydroxylation sites is 2. The molecule has 0 amide bonds. The van der Waals surface area contributed by atoms with Crippen LogP contribution >= 0.6 is 0 Å². The molecule has 0 unspecified atom stereocenters. The molecule has 1 saturated heterocycles. The third-order valence-electron chi connectivity index (χ3n) is 5.53. The molecule has 140 valence electrons. The molecule has 0 saturated carbocycles. The fraction of sp³-hybridized carbons (Fsp3) is 0.381. The maximum absolute atomic E-state index is 6.09. The second kappa shape index (κ2) is 6.70. The van der Waals surface area contributed by atoms with Gasteiger partial charge in [0.05, 0.1) is 35.1 Å². The van der Waals surface area contributed by atoms with Gasteiger partial charge in [0, 0.05) is 0 Å². The van der Waals surface area contributed by atoms with Crippen LogP contribution in [0.15, 0.2) is 54.9 Å². The number of hydrogen-bond acceptors (Lipinski definition) is 4. The normalized spacial score (nSPS) is 18.1. The lowest BCUT2D eigenvalue weighted by atomic mass is 9.79. The molecule has 1 aromatic heterocycles. The predicted octanol–water partition coefficient (Wildman–Crippen LogP) is 3.41. The second-order valence-corrected chi connectivity index (χ2v) is 7.93. The van der Waals surface area contributed by atoms with E-state index in [2.05, 4.69) is 43.3 Å². The molecule has 1 fully saturated rings. The quantitative estimate of drug-likeness (QED) is 0.651. The van der Waals surface area contributed by atoms with E-state index in [1.165, 1.54) is 0 Å². The fourth-order valence-electron chi connectivity index (χ4n) is 3.15. The minimum Gasteiger partial charge on any atom is -0.492 e. The van der Waals surface area contributed by atoms with Crippen molar-refractivity contribution in [1.82, 2.24) is 9.55 Å². The molecule has 0 bridgehead atoms. The summed E-state index contributed by atoms with van der Waals surface area (Å²) in [5.41, 5.74) is 2.46. The first-order valence-electron chi connectivity index (χ1n) is 9.34. The summed E-state index contributed by atoms with van der Waals surface area (Å²) in [6, 6.07) is 16.0. The van der Waals surface area contributed by atoms with Crippen molar-refractivity contribution in [3.05, 3.63) is 54.9 Å². The van der Waals surface area contributed by atoms with Crippen LogP contribution in [-0.2, 0) is 15.9 Å². The summed E-state index contributed by atoms with van der Waals surface area (Å²) in [4.78, 5) is 4.40. The van der Waals surface area contributed by atoms with E-state index in [0.29, 0.717) is 6.61 Å². The van der Waals surface area contributed by atoms with Crippen LogP contribution in [0.1, 0.15) is 27.7 Å². The van der Waals surface area contributed by atoms with Crippen LogP contribution in [0.2, 0.25) is 0 Å². The Hall–Kier alpha value is -2.31. The molecule has 0 N–H and O–H groups in total. The van der Waals surface area contributed by atoms with Crippen molar-refractivity contribution in [2.75, 3.05) is 6.61 Å². The molecule has 2 heterocycles. The lowest BCUT2D eigenvalue weighted by Crippen LogP contribution is -2.41.